The topological polar surface area (TPSA) is 81.4 Å². The first kappa shape index (κ1) is 15.1. The van der Waals surface area contributed by atoms with Gasteiger partial charge in [0.25, 0.3) is 6.43 Å². The van der Waals surface area contributed by atoms with Gasteiger partial charge in [-0.15, -0.1) is 0 Å². The number of allylic oxidation sites excluding steroid dienone is 1. The van der Waals surface area contributed by atoms with E-state index in [-0.39, 0.29) is 6.42 Å². The quantitative estimate of drug-likeness (QED) is 0.443. The molecule has 1 rings (SSSR count). The minimum Gasteiger partial charge on any atom is -0.506 e. The summed E-state index contributed by atoms with van der Waals surface area (Å²) in [5.74, 6) is -3.37. The fraction of sp³-hybridized carbons (Fsp3) is 0.167. The number of carboxylic acid groups (broad SMARTS) is 1. The first-order valence-corrected chi connectivity index (χ1v) is 5.47. The highest BCUT2D eigenvalue weighted by molar-refractivity contribution is 6.30. The molecule has 4 nitrogen and oxygen atoms in total. The van der Waals surface area contributed by atoms with Gasteiger partial charge in [-0.1, -0.05) is 23.7 Å². The van der Waals surface area contributed by atoms with Gasteiger partial charge < -0.3 is 15.6 Å². The third-order valence-corrected chi connectivity index (χ3v) is 2.52. The number of rotatable bonds is 5. The molecule has 0 fully saturated rings. The van der Waals surface area contributed by atoms with E-state index in [9.17, 15) is 13.6 Å². The molecule has 1 aromatic carbocycles. The summed E-state index contributed by atoms with van der Waals surface area (Å²) in [4.78, 5) is 10.8. The van der Waals surface area contributed by atoms with Crippen molar-refractivity contribution in [2.75, 3.05) is 0 Å². The fourth-order valence-corrected chi connectivity index (χ4v) is 1.52. The van der Waals surface area contributed by atoms with Crippen LogP contribution in [0.3, 0.4) is 0 Å². The van der Waals surface area contributed by atoms with Crippen LogP contribution in [0.25, 0.3) is 0 Å². The largest absolute Gasteiger partial charge is 0.506 e. The monoisotopic (exact) mass is 289 g/mol. The number of aliphatic hydroxyl groups is 1. The van der Waals surface area contributed by atoms with E-state index in [1.807, 2.05) is 0 Å². The lowest BCUT2D eigenvalue weighted by Crippen LogP contribution is -2.19. The zero-order valence-electron chi connectivity index (χ0n) is 9.53. The van der Waals surface area contributed by atoms with Gasteiger partial charge in [0.2, 0.25) is 0 Å². The van der Waals surface area contributed by atoms with E-state index in [4.69, 9.17) is 27.2 Å². The Kier molecular flexibility index (Phi) is 5.00. The maximum absolute atomic E-state index is 12.3. The Balaban J connectivity index is 3.00. The molecular weight excluding hydrogens is 280 g/mol. The molecule has 102 valence electrons. The molecule has 0 saturated heterocycles. The molecule has 0 spiro atoms. The Bertz CT molecular complexity index is 526. The normalized spacial score (nSPS) is 12.2. The molecule has 19 heavy (non-hydrogen) atoms. The summed E-state index contributed by atoms with van der Waals surface area (Å²) in [6.45, 7) is 0. The highest BCUT2D eigenvalue weighted by atomic mass is 35.5. The van der Waals surface area contributed by atoms with Crippen molar-refractivity contribution in [2.24, 2.45) is 0 Å². The Morgan fingerprint density at radius 3 is 2.21 bits per heavy atom. The molecule has 0 atom stereocenters. The van der Waals surface area contributed by atoms with Crippen molar-refractivity contribution in [1.82, 2.24) is 0 Å². The van der Waals surface area contributed by atoms with Crippen molar-refractivity contribution in [3.05, 3.63) is 46.2 Å². The molecule has 1 aromatic rings. The van der Waals surface area contributed by atoms with Gasteiger partial charge >= 0.3 is 5.97 Å². The van der Waals surface area contributed by atoms with Crippen LogP contribution < -0.4 is 0 Å². The number of hydrogen-bond donors (Lipinski definition) is 3. The Hall–Kier alpha value is -1.95. The molecule has 0 saturated carbocycles. The number of carbonyl (C=O) groups is 1. The van der Waals surface area contributed by atoms with Gasteiger partial charge in [-0.25, -0.2) is 13.6 Å². The van der Waals surface area contributed by atoms with Crippen molar-refractivity contribution in [3.63, 3.8) is 0 Å². The van der Waals surface area contributed by atoms with Crippen molar-refractivity contribution >= 4 is 23.3 Å². The highest BCUT2D eigenvalue weighted by Gasteiger charge is 2.25. The number of aliphatic hydroxyl groups excluding tert-OH is 1. The molecule has 0 aliphatic heterocycles. The van der Waals surface area contributed by atoms with Gasteiger partial charge in [-0.3, -0.25) is 0 Å². The van der Waals surface area contributed by atoms with Gasteiger partial charge in [0.1, 0.15) is 5.57 Å². The van der Waals surface area contributed by atoms with E-state index in [2.05, 4.69) is 0 Å². The summed E-state index contributed by atoms with van der Waals surface area (Å²) in [7, 11) is 0. The zero-order valence-corrected chi connectivity index (χ0v) is 10.3. The smallest absolute Gasteiger partial charge is 0.341 e. The third kappa shape index (κ3) is 4.03. The molecule has 3 N–H and O–H groups in total. The number of halogens is 3. The second-order valence-corrected chi connectivity index (χ2v) is 4.08. The van der Waals surface area contributed by atoms with Crippen LogP contribution in [0.4, 0.5) is 8.78 Å². The summed E-state index contributed by atoms with van der Waals surface area (Å²) in [5, 5.41) is 25.8. The summed E-state index contributed by atoms with van der Waals surface area (Å²) in [6.07, 6.45) is -3.54. The third-order valence-electron chi connectivity index (χ3n) is 2.27. The van der Waals surface area contributed by atoms with E-state index < -0.39 is 29.4 Å². The molecular formula is C12H10ClF2NO3. The van der Waals surface area contributed by atoms with Crippen LogP contribution in [0.5, 0.6) is 0 Å². The van der Waals surface area contributed by atoms with Gasteiger partial charge in [0, 0.05) is 11.4 Å². The molecule has 0 unspecified atom stereocenters. The lowest BCUT2D eigenvalue weighted by molar-refractivity contribution is -0.132. The van der Waals surface area contributed by atoms with Crippen molar-refractivity contribution < 1.29 is 23.8 Å². The molecule has 0 aliphatic carbocycles. The van der Waals surface area contributed by atoms with Crippen LogP contribution in [0.15, 0.2) is 35.6 Å². The van der Waals surface area contributed by atoms with E-state index >= 15 is 0 Å². The van der Waals surface area contributed by atoms with E-state index in [1.165, 1.54) is 24.3 Å². The summed E-state index contributed by atoms with van der Waals surface area (Å²) >= 11 is 5.66. The van der Waals surface area contributed by atoms with Gasteiger partial charge in [-0.05, 0) is 17.7 Å². The summed E-state index contributed by atoms with van der Waals surface area (Å²) in [6, 6.07) is 6.13. The number of hydrogen-bond acceptors (Lipinski definition) is 3. The standard InChI is InChI=1S/C12H10ClF2NO3/c13-7-3-1-6(2-4-7)5-8(16)9(12(18)19)10(17)11(14)15/h1-4,11,16-17H,5H2,(H,18,19). The average Bonchev–Trinajstić information content (AvgIpc) is 2.31. The highest BCUT2D eigenvalue weighted by Crippen LogP contribution is 2.16. The predicted octanol–water partition coefficient (Wildman–Crippen LogP) is 3.06. The molecule has 0 radical (unpaired) electrons. The molecule has 0 amide bonds. The molecule has 0 aliphatic rings. The predicted molar refractivity (Wildman–Crippen MR) is 66.2 cm³/mol. The zero-order chi connectivity index (χ0) is 14.6. The molecule has 7 heteroatoms. The van der Waals surface area contributed by atoms with Crippen LogP contribution in [0.2, 0.25) is 5.02 Å². The SMILES string of the molecule is N=C(Cc1ccc(Cl)cc1)C(C(=O)O)=C(O)C(F)F. The van der Waals surface area contributed by atoms with E-state index in [0.717, 1.165) is 0 Å². The van der Waals surface area contributed by atoms with Crippen LogP contribution in [-0.4, -0.2) is 28.3 Å². The van der Waals surface area contributed by atoms with Crippen LogP contribution in [0.1, 0.15) is 5.56 Å². The second kappa shape index (κ2) is 6.29. The van der Waals surface area contributed by atoms with Gasteiger partial charge in [0.15, 0.2) is 5.76 Å². The van der Waals surface area contributed by atoms with Crippen molar-refractivity contribution in [1.29, 1.82) is 5.41 Å². The molecule has 0 bridgehead atoms. The van der Waals surface area contributed by atoms with Crippen molar-refractivity contribution in [3.8, 4) is 0 Å². The minimum atomic E-state index is -3.34. The average molecular weight is 290 g/mol. The van der Waals surface area contributed by atoms with E-state index in [0.29, 0.717) is 10.6 Å². The molecule has 0 aromatic heterocycles. The Morgan fingerprint density at radius 1 is 1.26 bits per heavy atom. The fourth-order valence-electron chi connectivity index (χ4n) is 1.40. The summed E-state index contributed by atoms with van der Waals surface area (Å²) < 4.78 is 24.6. The van der Waals surface area contributed by atoms with Gasteiger partial charge in [0.05, 0.1) is 5.71 Å². The number of benzene rings is 1. The Labute approximate surface area is 112 Å². The van der Waals surface area contributed by atoms with Crippen LogP contribution >= 0.6 is 11.6 Å². The van der Waals surface area contributed by atoms with Crippen LogP contribution in [-0.2, 0) is 11.2 Å². The summed E-state index contributed by atoms with van der Waals surface area (Å²) in [5.41, 5.74) is -1.16. The van der Waals surface area contributed by atoms with Crippen molar-refractivity contribution in [2.45, 2.75) is 12.8 Å². The van der Waals surface area contributed by atoms with E-state index in [1.54, 1.807) is 0 Å². The molecule has 0 heterocycles. The first-order valence-electron chi connectivity index (χ1n) is 5.09. The lowest BCUT2D eigenvalue weighted by Gasteiger charge is -2.08. The first-order chi connectivity index (χ1) is 8.82. The number of carboxylic acids is 1. The minimum absolute atomic E-state index is 0.199. The number of alkyl halides is 2. The number of aliphatic carboxylic acids is 1. The maximum atomic E-state index is 12.3. The van der Waals surface area contributed by atoms with Crippen LogP contribution in [0, 0.1) is 5.41 Å². The lowest BCUT2D eigenvalue weighted by atomic mass is 10.0. The van der Waals surface area contributed by atoms with Gasteiger partial charge in [-0.2, -0.15) is 0 Å². The number of nitrogens with one attached hydrogen (secondary N) is 1. The Morgan fingerprint density at radius 2 is 1.79 bits per heavy atom. The maximum Gasteiger partial charge on any atom is 0.341 e. The second-order valence-electron chi connectivity index (χ2n) is 3.65.